The van der Waals surface area contributed by atoms with Gasteiger partial charge in [-0.05, 0) is 76.3 Å². The van der Waals surface area contributed by atoms with Crippen LogP contribution in [0.5, 0.6) is 0 Å². The molecule has 1 N–H and O–H groups in total. The van der Waals surface area contributed by atoms with Crippen LogP contribution in [-0.2, 0) is 0 Å². The number of hydrogen-bond donors (Lipinski definition) is 1. The summed E-state index contributed by atoms with van der Waals surface area (Å²) in [5.41, 5.74) is 0.268. The van der Waals surface area contributed by atoms with E-state index in [1.165, 1.54) is 50.8 Å². The van der Waals surface area contributed by atoms with Crippen molar-refractivity contribution in [1.29, 1.82) is 0 Å². The summed E-state index contributed by atoms with van der Waals surface area (Å²) >= 11 is 2.02. The van der Waals surface area contributed by atoms with Gasteiger partial charge in [0.05, 0.1) is 0 Å². The average Bonchev–Trinajstić information content (AvgIpc) is 2.34. The van der Waals surface area contributed by atoms with Gasteiger partial charge in [0.15, 0.2) is 0 Å². The van der Waals surface area contributed by atoms with Gasteiger partial charge in [-0.25, -0.2) is 0 Å². The van der Waals surface area contributed by atoms with Crippen LogP contribution >= 0.6 is 11.8 Å². The molecule has 114 valence electrons. The topological polar surface area (TPSA) is 12.0 Å². The molecule has 2 heteroatoms. The van der Waals surface area contributed by atoms with Crippen molar-refractivity contribution in [2.75, 3.05) is 18.6 Å². The highest BCUT2D eigenvalue weighted by molar-refractivity contribution is 7.98. The van der Waals surface area contributed by atoms with E-state index in [4.69, 9.17) is 0 Å². The first-order valence-corrected chi connectivity index (χ1v) is 9.59. The van der Waals surface area contributed by atoms with Crippen LogP contribution in [0.4, 0.5) is 0 Å². The minimum Gasteiger partial charge on any atom is -0.312 e. The van der Waals surface area contributed by atoms with Crippen LogP contribution < -0.4 is 5.32 Å². The Labute approximate surface area is 125 Å². The van der Waals surface area contributed by atoms with E-state index in [1.807, 2.05) is 11.8 Å². The normalized spacial score (nSPS) is 28.6. The second-order valence-corrected chi connectivity index (χ2v) is 8.39. The van der Waals surface area contributed by atoms with E-state index in [0.717, 1.165) is 17.8 Å². The molecule has 1 fully saturated rings. The second kappa shape index (κ2) is 8.56. The van der Waals surface area contributed by atoms with Crippen molar-refractivity contribution in [3.05, 3.63) is 0 Å². The van der Waals surface area contributed by atoms with Crippen LogP contribution in [0, 0.1) is 17.8 Å². The molecule has 0 heterocycles. The predicted molar refractivity (Wildman–Crippen MR) is 90.0 cm³/mol. The molecule has 1 saturated carbocycles. The SMILES string of the molecule is CCCC1CCC(CNC(C)(C)C)C(CCSC)C1. The molecule has 0 bridgehead atoms. The molecule has 1 nitrogen and oxygen atoms in total. The molecule has 0 radical (unpaired) electrons. The van der Waals surface area contributed by atoms with Crippen LogP contribution in [0.1, 0.15) is 66.2 Å². The Morgan fingerprint density at radius 1 is 1.11 bits per heavy atom. The maximum Gasteiger partial charge on any atom is 0.00966 e. The molecule has 0 aliphatic heterocycles. The highest BCUT2D eigenvalue weighted by Gasteiger charge is 2.30. The average molecular weight is 286 g/mol. The van der Waals surface area contributed by atoms with E-state index >= 15 is 0 Å². The van der Waals surface area contributed by atoms with Crippen molar-refractivity contribution in [1.82, 2.24) is 5.32 Å². The van der Waals surface area contributed by atoms with Crippen LogP contribution in [0.15, 0.2) is 0 Å². The highest BCUT2D eigenvalue weighted by atomic mass is 32.2. The fraction of sp³-hybridized carbons (Fsp3) is 1.00. The van der Waals surface area contributed by atoms with E-state index in [9.17, 15) is 0 Å². The predicted octanol–water partition coefficient (Wildman–Crippen LogP) is 4.96. The van der Waals surface area contributed by atoms with E-state index in [1.54, 1.807) is 0 Å². The van der Waals surface area contributed by atoms with Crippen LogP contribution in [0.2, 0.25) is 0 Å². The maximum atomic E-state index is 3.74. The molecule has 3 unspecified atom stereocenters. The lowest BCUT2D eigenvalue weighted by molar-refractivity contribution is 0.157. The number of thioether (sulfide) groups is 1. The van der Waals surface area contributed by atoms with E-state index < -0.39 is 0 Å². The molecule has 0 amide bonds. The van der Waals surface area contributed by atoms with Gasteiger partial charge in [0.1, 0.15) is 0 Å². The van der Waals surface area contributed by atoms with E-state index in [2.05, 4.69) is 39.3 Å². The minimum absolute atomic E-state index is 0.268. The zero-order valence-electron chi connectivity index (χ0n) is 13.8. The molecule has 1 aliphatic carbocycles. The largest absolute Gasteiger partial charge is 0.312 e. The lowest BCUT2D eigenvalue weighted by Gasteiger charge is -2.38. The summed E-state index contributed by atoms with van der Waals surface area (Å²) in [4.78, 5) is 0. The Bertz CT molecular complexity index is 234. The third-order valence-electron chi connectivity index (χ3n) is 4.53. The van der Waals surface area contributed by atoms with Crippen LogP contribution in [-0.4, -0.2) is 24.1 Å². The lowest BCUT2D eigenvalue weighted by Crippen LogP contribution is -2.42. The fourth-order valence-electron chi connectivity index (χ4n) is 3.42. The summed E-state index contributed by atoms with van der Waals surface area (Å²) in [6, 6.07) is 0. The molecule has 0 aromatic heterocycles. The van der Waals surface area contributed by atoms with Crippen molar-refractivity contribution in [2.45, 2.75) is 71.8 Å². The van der Waals surface area contributed by atoms with Gasteiger partial charge in [-0.15, -0.1) is 0 Å². The summed E-state index contributed by atoms with van der Waals surface area (Å²) in [5, 5.41) is 3.74. The Hall–Kier alpha value is 0.310. The molecule has 3 atom stereocenters. The standard InChI is InChI=1S/C17H35NS/c1-6-7-14-8-9-16(13-18-17(2,3)4)15(12-14)10-11-19-5/h14-16,18H,6-13H2,1-5H3. The van der Waals surface area contributed by atoms with Crippen molar-refractivity contribution in [2.24, 2.45) is 17.8 Å². The summed E-state index contributed by atoms with van der Waals surface area (Å²) in [6.45, 7) is 10.4. The van der Waals surface area contributed by atoms with Crippen molar-refractivity contribution >= 4 is 11.8 Å². The molecule has 0 aromatic rings. The molecular formula is C17H35NS. The molecule has 0 spiro atoms. The third-order valence-corrected chi connectivity index (χ3v) is 5.18. The van der Waals surface area contributed by atoms with Gasteiger partial charge in [-0.2, -0.15) is 11.8 Å². The summed E-state index contributed by atoms with van der Waals surface area (Å²) < 4.78 is 0. The number of nitrogens with one attached hydrogen (secondary N) is 1. The van der Waals surface area contributed by atoms with Crippen LogP contribution in [0.25, 0.3) is 0 Å². The van der Waals surface area contributed by atoms with Crippen molar-refractivity contribution in [3.63, 3.8) is 0 Å². The summed E-state index contributed by atoms with van der Waals surface area (Å²) in [5.74, 6) is 4.24. The van der Waals surface area contributed by atoms with E-state index in [-0.39, 0.29) is 5.54 Å². The van der Waals surface area contributed by atoms with Crippen LogP contribution in [0.3, 0.4) is 0 Å². The van der Waals surface area contributed by atoms with Gasteiger partial charge in [0, 0.05) is 5.54 Å². The van der Waals surface area contributed by atoms with Gasteiger partial charge >= 0.3 is 0 Å². The van der Waals surface area contributed by atoms with Gasteiger partial charge < -0.3 is 5.32 Å². The highest BCUT2D eigenvalue weighted by Crippen LogP contribution is 2.38. The van der Waals surface area contributed by atoms with Gasteiger partial charge in [-0.1, -0.05) is 26.2 Å². The Balaban J connectivity index is 2.47. The quantitative estimate of drug-likeness (QED) is 0.709. The fourth-order valence-corrected chi connectivity index (χ4v) is 3.96. The van der Waals surface area contributed by atoms with Gasteiger partial charge in [-0.3, -0.25) is 0 Å². The van der Waals surface area contributed by atoms with E-state index in [0.29, 0.717) is 0 Å². The Morgan fingerprint density at radius 2 is 1.84 bits per heavy atom. The summed E-state index contributed by atoms with van der Waals surface area (Å²) in [6.07, 6.45) is 10.9. The lowest BCUT2D eigenvalue weighted by atomic mass is 9.71. The Kier molecular flexibility index (Phi) is 7.83. The first-order chi connectivity index (χ1) is 8.96. The second-order valence-electron chi connectivity index (χ2n) is 7.40. The third kappa shape index (κ3) is 7.04. The minimum atomic E-state index is 0.268. The molecule has 1 aliphatic rings. The summed E-state index contributed by atoms with van der Waals surface area (Å²) in [7, 11) is 0. The van der Waals surface area contributed by atoms with Crippen molar-refractivity contribution in [3.8, 4) is 0 Å². The first kappa shape index (κ1) is 17.4. The monoisotopic (exact) mass is 285 g/mol. The van der Waals surface area contributed by atoms with Gasteiger partial charge in [0.25, 0.3) is 0 Å². The number of hydrogen-bond acceptors (Lipinski definition) is 2. The molecular weight excluding hydrogens is 250 g/mol. The molecule has 19 heavy (non-hydrogen) atoms. The molecule has 0 aromatic carbocycles. The smallest absolute Gasteiger partial charge is 0.00966 e. The van der Waals surface area contributed by atoms with Crippen molar-refractivity contribution < 1.29 is 0 Å². The Morgan fingerprint density at radius 3 is 2.42 bits per heavy atom. The number of rotatable bonds is 7. The molecule has 1 rings (SSSR count). The first-order valence-electron chi connectivity index (χ1n) is 8.20. The maximum absolute atomic E-state index is 3.74. The van der Waals surface area contributed by atoms with Gasteiger partial charge in [0.2, 0.25) is 0 Å². The zero-order chi connectivity index (χ0) is 14.3. The molecule has 0 saturated heterocycles. The zero-order valence-corrected chi connectivity index (χ0v) is 14.6.